The lowest BCUT2D eigenvalue weighted by atomic mass is 10.2. The third kappa shape index (κ3) is 3.58. The highest BCUT2D eigenvalue weighted by Gasteiger charge is 2.14. The average molecular weight is 308 g/mol. The number of esters is 1. The summed E-state index contributed by atoms with van der Waals surface area (Å²) in [7, 11) is 1.53. The second-order valence-electron chi connectivity index (χ2n) is 4.95. The first-order chi connectivity index (χ1) is 11.3. The molecule has 0 N–H and O–H groups in total. The maximum atomic E-state index is 12.2. The van der Waals surface area contributed by atoms with Gasteiger partial charge in [-0.05, 0) is 17.7 Å². The van der Waals surface area contributed by atoms with E-state index in [-0.39, 0.29) is 0 Å². The molecule has 0 unspecified atom stereocenters. The Balaban J connectivity index is 1.71. The number of rotatable bonds is 5. The quantitative estimate of drug-likeness (QED) is 0.536. The normalized spacial score (nSPS) is 10.3. The van der Waals surface area contributed by atoms with Gasteiger partial charge in [-0.2, -0.15) is 5.10 Å². The molecule has 0 aliphatic carbocycles. The summed E-state index contributed by atoms with van der Waals surface area (Å²) in [5, 5.41) is 4.20. The fraction of sp³-hybridized carbons (Fsp3) is 0.111. The summed E-state index contributed by atoms with van der Waals surface area (Å²) in [6, 6.07) is 16.9. The Morgan fingerprint density at radius 3 is 2.48 bits per heavy atom. The summed E-state index contributed by atoms with van der Waals surface area (Å²) >= 11 is 0. The Morgan fingerprint density at radius 2 is 1.74 bits per heavy atom. The Bertz CT molecular complexity index is 797. The van der Waals surface area contributed by atoms with Gasteiger partial charge in [0.1, 0.15) is 0 Å². The van der Waals surface area contributed by atoms with Crippen LogP contribution in [0.25, 0.3) is 0 Å². The van der Waals surface area contributed by atoms with Gasteiger partial charge in [0.25, 0.3) is 0 Å². The summed E-state index contributed by atoms with van der Waals surface area (Å²) in [4.78, 5) is 12.2. The van der Waals surface area contributed by atoms with Gasteiger partial charge in [-0.15, -0.1) is 0 Å². The van der Waals surface area contributed by atoms with Crippen molar-refractivity contribution in [3.8, 4) is 11.5 Å². The minimum Gasteiger partial charge on any atom is -0.493 e. The van der Waals surface area contributed by atoms with Crippen LogP contribution in [0.4, 0.5) is 0 Å². The van der Waals surface area contributed by atoms with E-state index in [2.05, 4.69) is 5.10 Å². The highest BCUT2D eigenvalue weighted by Crippen LogP contribution is 2.26. The first-order valence-corrected chi connectivity index (χ1v) is 7.18. The molecule has 0 fully saturated rings. The maximum absolute atomic E-state index is 12.2. The van der Waals surface area contributed by atoms with Crippen molar-refractivity contribution in [2.75, 3.05) is 7.11 Å². The van der Waals surface area contributed by atoms with E-state index in [1.54, 1.807) is 29.1 Å². The minimum atomic E-state index is -0.464. The van der Waals surface area contributed by atoms with Crippen LogP contribution in [-0.4, -0.2) is 22.9 Å². The zero-order valence-corrected chi connectivity index (χ0v) is 12.7. The Labute approximate surface area is 134 Å². The monoisotopic (exact) mass is 308 g/mol. The second kappa shape index (κ2) is 6.79. The third-order valence-corrected chi connectivity index (χ3v) is 3.33. The van der Waals surface area contributed by atoms with E-state index >= 15 is 0 Å². The van der Waals surface area contributed by atoms with E-state index in [0.29, 0.717) is 23.6 Å². The summed E-state index contributed by atoms with van der Waals surface area (Å²) in [5.74, 6) is 0.433. The third-order valence-electron chi connectivity index (χ3n) is 3.33. The molecule has 2 aromatic carbocycles. The maximum Gasteiger partial charge on any atom is 0.346 e. The lowest BCUT2D eigenvalue weighted by Crippen LogP contribution is -2.08. The van der Waals surface area contributed by atoms with E-state index in [0.717, 1.165) is 5.56 Å². The van der Waals surface area contributed by atoms with E-state index in [4.69, 9.17) is 9.47 Å². The van der Waals surface area contributed by atoms with Crippen LogP contribution in [0.1, 0.15) is 15.9 Å². The van der Waals surface area contributed by atoms with Crippen LogP contribution in [0, 0.1) is 0 Å². The van der Waals surface area contributed by atoms with Gasteiger partial charge in [0.15, 0.2) is 11.5 Å². The van der Waals surface area contributed by atoms with Crippen LogP contribution in [-0.2, 0) is 6.54 Å². The summed E-state index contributed by atoms with van der Waals surface area (Å²) in [6.45, 7) is 0.600. The number of carbonyl (C=O) groups is 1. The average Bonchev–Trinajstić information content (AvgIpc) is 3.05. The van der Waals surface area contributed by atoms with E-state index < -0.39 is 5.97 Å². The minimum absolute atomic E-state index is 0.385. The van der Waals surface area contributed by atoms with Crippen LogP contribution in [0.2, 0.25) is 0 Å². The van der Waals surface area contributed by atoms with Gasteiger partial charge >= 0.3 is 5.97 Å². The van der Waals surface area contributed by atoms with Crippen molar-refractivity contribution in [2.24, 2.45) is 0 Å². The zero-order chi connectivity index (χ0) is 16.1. The first-order valence-electron chi connectivity index (χ1n) is 7.18. The van der Waals surface area contributed by atoms with Crippen molar-refractivity contribution < 1.29 is 14.3 Å². The van der Waals surface area contributed by atoms with Crippen molar-refractivity contribution in [1.82, 2.24) is 9.78 Å². The largest absolute Gasteiger partial charge is 0.493 e. The molecule has 0 saturated carbocycles. The number of ether oxygens (including phenoxy) is 2. The molecule has 5 heteroatoms. The molecule has 0 radical (unpaired) electrons. The summed E-state index contributed by atoms with van der Waals surface area (Å²) in [6.07, 6.45) is 3.17. The predicted octanol–water partition coefficient (Wildman–Crippen LogP) is 3.16. The van der Waals surface area contributed by atoms with Gasteiger partial charge in [0.2, 0.25) is 0 Å². The topological polar surface area (TPSA) is 53.4 Å². The molecule has 0 spiro atoms. The summed E-state index contributed by atoms with van der Waals surface area (Å²) < 4.78 is 12.2. The van der Waals surface area contributed by atoms with Crippen LogP contribution < -0.4 is 9.47 Å². The molecule has 3 aromatic rings. The first kappa shape index (κ1) is 14.8. The molecule has 0 aliphatic heterocycles. The molecule has 23 heavy (non-hydrogen) atoms. The van der Waals surface area contributed by atoms with Gasteiger partial charge in [-0.25, -0.2) is 4.79 Å². The molecule has 0 atom stereocenters. The number of methoxy groups -OCH3 is 1. The fourth-order valence-corrected chi connectivity index (χ4v) is 2.19. The Hall–Kier alpha value is -3.08. The number of nitrogens with zero attached hydrogens (tertiary/aromatic N) is 2. The number of benzene rings is 2. The standard InChI is InChI=1S/C18H16N2O3/c1-22-16-9-5-6-10-17(16)23-18(21)15-11-19-20(13-15)12-14-7-3-2-4-8-14/h2-11,13H,12H2,1H3. The highest BCUT2D eigenvalue weighted by atomic mass is 16.6. The van der Waals surface area contributed by atoms with Crippen molar-refractivity contribution in [3.63, 3.8) is 0 Å². The fourth-order valence-electron chi connectivity index (χ4n) is 2.19. The lowest BCUT2D eigenvalue weighted by Gasteiger charge is -2.07. The van der Waals surface area contributed by atoms with Crippen LogP contribution in [0.15, 0.2) is 67.0 Å². The molecule has 116 valence electrons. The van der Waals surface area contributed by atoms with Gasteiger partial charge < -0.3 is 9.47 Å². The molecule has 0 amide bonds. The predicted molar refractivity (Wildman–Crippen MR) is 85.7 cm³/mol. The number of hydrogen-bond acceptors (Lipinski definition) is 4. The zero-order valence-electron chi connectivity index (χ0n) is 12.7. The smallest absolute Gasteiger partial charge is 0.346 e. The van der Waals surface area contributed by atoms with Crippen molar-refractivity contribution in [3.05, 3.63) is 78.1 Å². The van der Waals surface area contributed by atoms with Crippen LogP contribution >= 0.6 is 0 Å². The molecular weight excluding hydrogens is 292 g/mol. The van der Waals surface area contributed by atoms with Crippen LogP contribution in [0.5, 0.6) is 11.5 Å². The van der Waals surface area contributed by atoms with E-state index in [1.807, 2.05) is 36.4 Å². The van der Waals surface area contributed by atoms with Crippen molar-refractivity contribution in [1.29, 1.82) is 0 Å². The van der Waals surface area contributed by atoms with E-state index in [9.17, 15) is 4.79 Å². The summed E-state index contributed by atoms with van der Waals surface area (Å²) in [5.41, 5.74) is 1.51. The highest BCUT2D eigenvalue weighted by molar-refractivity contribution is 5.90. The molecule has 0 aliphatic rings. The second-order valence-corrected chi connectivity index (χ2v) is 4.95. The number of aromatic nitrogens is 2. The Morgan fingerprint density at radius 1 is 1.04 bits per heavy atom. The number of carbonyl (C=O) groups excluding carboxylic acids is 1. The van der Waals surface area contributed by atoms with Crippen LogP contribution in [0.3, 0.4) is 0 Å². The van der Waals surface area contributed by atoms with Gasteiger partial charge in [-0.1, -0.05) is 42.5 Å². The van der Waals surface area contributed by atoms with Gasteiger partial charge in [0.05, 0.1) is 25.4 Å². The molecule has 0 saturated heterocycles. The molecule has 1 heterocycles. The number of para-hydroxylation sites is 2. The molecule has 1 aromatic heterocycles. The number of hydrogen-bond donors (Lipinski definition) is 0. The van der Waals surface area contributed by atoms with Crippen molar-refractivity contribution >= 4 is 5.97 Å². The van der Waals surface area contributed by atoms with Gasteiger partial charge in [-0.3, -0.25) is 4.68 Å². The SMILES string of the molecule is COc1ccccc1OC(=O)c1cnn(Cc2ccccc2)c1. The van der Waals surface area contributed by atoms with E-state index in [1.165, 1.54) is 13.3 Å². The molecule has 0 bridgehead atoms. The van der Waals surface area contributed by atoms with Gasteiger partial charge in [0, 0.05) is 6.20 Å². The molecule has 3 rings (SSSR count). The lowest BCUT2D eigenvalue weighted by molar-refractivity contribution is 0.0729. The molecular formula is C18H16N2O3. The van der Waals surface area contributed by atoms with Crippen molar-refractivity contribution in [2.45, 2.75) is 6.54 Å². The molecule has 5 nitrogen and oxygen atoms in total. The Kier molecular flexibility index (Phi) is 4.38.